The van der Waals surface area contributed by atoms with Crippen LogP contribution in [-0.2, 0) is 12.6 Å². The van der Waals surface area contributed by atoms with Gasteiger partial charge in [0.15, 0.2) is 0 Å². The summed E-state index contributed by atoms with van der Waals surface area (Å²) in [6.45, 7) is 2.09. The fraction of sp³-hybridized carbons (Fsp3) is 0.176. The maximum atomic E-state index is 12.4. The predicted molar refractivity (Wildman–Crippen MR) is 76.2 cm³/mol. The zero-order valence-electron chi connectivity index (χ0n) is 11.1. The van der Waals surface area contributed by atoms with E-state index < -0.39 is 11.7 Å². The van der Waals surface area contributed by atoms with E-state index in [1.807, 2.05) is 30.3 Å². The van der Waals surface area contributed by atoms with E-state index in [2.05, 4.69) is 6.92 Å². The molecule has 0 heterocycles. The molecule has 0 aliphatic heterocycles. The first-order valence-electron chi connectivity index (χ1n) is 6.43. The Morgan fingerprint density at radius 2 is 1.25 bits per heavy atom. The fourth-order valence-electron chi connectivity index (χ4n) is 1.84. The third-order valence-electron chi connectivity index (χ3n) is 3.09. The highest BCUT2D eigenvalue weighted by molar-refractivity contribution is 5.69. The first-order valence-corrected chi connectivity index (χ1v) is 6.43. The molecular weight excluding hydrogens is 261 g/mol. The van der Waals surface area contributed by atoms with Gasteiger partial charge in [-0.3, -0.25) is 0 Å². The Morgan fingerprint density at radius 1 is 0.800 bits per heavy atom. The van der Waals surface area contributed by atoms with Crippen LogP contribution in [-0.4, -0.2) is 0 Å². The van der Waals surface area contributed by atoms with Gasteiger partial charge in [-0.25, -0.2) is 0 Å². The number of halogens is 3. The third kappa shape index (κ3) is 3.73. The van der Waals surface area contributed by atoms with Gasteiger partial charge in [-0.1, -0.05) is 55.5 Å². The first-order chi connectivity index (χ1) is 9.49. The molecule has 0 unspecified atom stereocenters. The fourth-order valence-corrected chi connectivity index (χ4v) is 1.84. The van der Waals surface area contributed by atoms with Gasteiger partial charge in [-0.15, -0.1) is 0 Å². The summed E-state index contributed by atoms with van der Waals surface area (Å²) in [6, 6.07) is 13.2. The van der Waals surface area contributed by atoms with Gasteiger partial charge in [0.1, 0.15) is 0 Å². The van der Waals surface area contributed by atoms with E-state index >= 15 is 0 Å². The molecule has 0 atom stereocenters. The molecule has 0 nitrogen and oxygen atoms in total. The molecule has 0 aromatic heterocycles. The van der Waals surface area contributed by atoms with Crippen molar-refractivity contribution in [1.82, 2.24) is 0 Å². The molecule has 0 N–H and O–H groups in total. The van der Waals surface area contributed by atoms with Crippen molar-refractivity contribution < 1.29 is 13.2 Å². The number of rotatable bonds is 3. The molecule has 0 spiro atoms. The van der Waals surface area contributed by atoms with Crippen LogP contribution in [0.4, 0.5) is 13.2 Å². The molecule has 0 amide bonds. The first kappa shape index (κ1) is 14.4. The van der Waals surface area contributed by atoms with Crippen LogP contribution in [0.15, 0.2) is 48.5 Å². The maximum Gasteiger partial charge on any atom is 0.416 e. The second kappa shape index (κ2) is 5.95. The van der Waals surface area contributed by atoms with Crippen LogP contribution < -0.4 is 0 Å². The van der Waals surface area contributed by atoms with Crippen LogP contribution in [0.1, 0.15) is 29.2 Å². The van der Waals surface area contributed by atoms with Crippen molar-refractivity contribution in [2.75, 3.05) is 0 Å². The Labute approximate surface area is 116 Å². The van der Waals surface area contributed by atoms with E-state index in [4.69, 9.17) is 0 Å². The molecule has 0 bridgehead atoms. The van der Waals surface area contributed by atoms with Crippen LogP contribution in [0.2, 0.25) is 0 Å². The highest BCUT2D eigenvalue weighted by Gasteiger charge is 2.29. The minimum Gasteiger partial charge on any atom is -0.166 e. The van der Waals surface area contributed by atoms with Gasteiger partial charge in [0, 0.05) is 0 Å². The van der Waals surface area contributed by atoms with Crippen molar-refractivity contribution in [3.05, 3.63) is 70.8 Å². The largest absolute Gasteiger partial charge is 0.416 e. The van der Waals surface area contributed by atoms with E-state index in [9.17, 15) is 13.2 Å². The summed E-state index contributed by atoms with van der Waals surface area (Å²) in [6.07, 6.45) is 0.407. The van der Waals surface area contributed by atoms with Crippen LogP contribution in [0.3, 0.4) is 0 Å². The highest BCUT2D eigenvalue weighted by Crippen LogP contribution is 2.29. The van der Waals surface area contributed by atoms with Crippen LogP contribution >= 0.6 is 0 Å². The molecule has 20 heavy (non-hydrogen) atoms. The minimum atomic E-state index is -4.28. The summed E-state index contributed by atoms with van der Waals surface area (Å²) in [5.74, 6) is 0. The molecule has 2 aromatic carbocycles. The highest BCUT2D eigenvalue weighted by atomic mass is 19.4. The molecule has 2 rings (SSSR count). The number of benzene rings is 2. The van der Waals surface area contributed by atoms with Crippen molar-refractivity contribution in [3.8, 4) is 0 Å². The quantitative estimate of drug-likeness (QED) is 0.655. The lowest BCUT2D eigenvalue weighted by Crippen LogP contribution is -2.03. The lowest BCUT2D eigenvalue weighted by Gasteiger charge is -2.05. The number of aryl methyl sites for hydroxylation is 1. The molecule has 0 saturated carbocycles. The van der Waals surface area contributed by atoms with Gasteiger partial charge in [0.25, 0.3) is 0 Å². The third-order valence-corrected chi connectivity index (χ3v) is 3.09. The van der Waals surface area contributed by atoms with Gasteiger partial charge in [0.05, 0.1) is 5.56 Å². The summed E-state index contributed by atoms with van der Waals surface area (Å²) in [5, 5.41) is 0. The van der Waals surface area contributed by atoms with Crippen molar-refractivity contribution in [2.24, 2.45) is 0 Å². The zero-order chi connectivity index (χ0) is 14.6. The number of hydrogen-bond acceptors (Lipinski definition) is 0. The molecule has 104 valence electrons. The summed E-state index contributed by atoms with van der Waals surface area (Å²) in [4.78, 5) is 0. The summed E-state index contributed by atoms with van der Waals surface area (Å²) in [5.41, 5.74) is 2.42. The Kier molecular flexibility index (Phi) is 4.28. The molecule has 2 aromatic rings. The second-order valence-corrected chi connectivity index (χ2v) is 4.55. The molecule has 0 saturated heterocycles. The predicted octanol–water partition coefficient (Wildman–Crippen LogP) is 5.44. The maximum absolute atomic E-state index is 12.4. The van der Waals surface area contributed by atoms with Crippen molar-refractivity contribution in [2.45, 2.75) is 19.5 Å². The Morgan fingerprint density at radius 3 is 1.65 bits per heavy atom. The standard InChI is InChI=1S/C17H15F3/c1-2-13-3-5-14(6-4-13)7-8-15-9-11-16(12-10-15)17(18,19)20/h3-12H,2H2,1H3/b8-7+. The van der Waals surface area contributed by atoms with Gasteiger partial charge in [-0.05, 0) is 35.2 Å². The second-order valence-electron chi connectivity index (χ2n) is 4.55. The Balaban J connectivity index is 2.10. The van der Waals surface area contributed by atoms with Crippen LogP contribution in [0.25, 0.3) is 12.2 Å². The Bertz CT molecular complexity index is 575. The van der Waals surface area contributed by atoms with Gasteiger partial charge in [0.2, 0.25) is 0 Å². The van der Waals surface area contributed by atoms with Crippen molar-refractivity contribution in [1.29, 1.82) is 0 Å². The van der Waals surface area contributed by atoms with Gasteiger partial charge < -0.3 is 0 Å². The van der Waals surface area contributed by atoms with Crippen LogP contribution in [0.5, 0.6) is 0 Å². The monoisotopic (exact) mass is 276 g/mol. The van der Waals surface area contributed by atoms with E-state index in [1.165, 1.54) is 17.7 Å². The molecule has 0 aliphatic carbocycles. The lowest BCUT2D eigenvalue weighted by atomic mass is 10.1. The molecule has 3 heteroatoms. The van der Waals surface area contributed by atoms with Gasteiger partial charge in [-0.2, -0.15) is 13.2 Å². The van der Waals surface area contributed by atoms with Crippen LogP contribution in [0, 0.1) is 0 Å². The van der Waals surface area contributed by atoms with Crippen molar-refractivity contribution >= 4 is 12.2 Å². The van der Waals surface area contributed by atoms with E-state index in [0.717, 1.165) is 29.7 Å². The topological polar surface area (TPSA) is 0 Å². The van der Waals surface area contributed by atoms with E-state index in [-0.39, 0.29) is 0 Å². The summed E-state index contributed by atoms with van der Waals surface area (Å²) in [7, 11) is 0. The van der Waals surface area contributed by atoms with Gasteiger partial charge >= 0.3 is 6.18 Å². The van der Waals surface area contributed by atoms with E-state index in [0.29, 0.717) is 0 Å². The Hall–Kier alpha value is -2.03. The average molecular weight is 276 g/mol. The number of alkyl halides is 3. The lowest BCUT2D eigenvalue weighted by molar-refractivity contribution is -0.137. The SMILES string of the molecule is CCc1ccc(/C=C/c2ccc(C(F)(F)F)cc2)cc1. The zero-order valence-corrected chi connectivity index (χ0v) is 11.1. The molecule has 0 radical (unpaired) electrons. The minimum absolute atomic E-state index is 0.623. The smallest absolute Gasteiger partial charge is 0.166 e. The average Bonchev–Trinajstić information content (AvgIpc) is 2.45. The van der Waals surface area contributed by atoms with Crippen molar-refractivity contribution in [3.63, 3.8) is 0 Å². The summed E-state index contributed by atoms with van der Waals surface area (Å²) >= 11 is 0. The normalized spacial score (nSPS) is 12.0. The molecule has 0 fully saturated rings. The molecular formula is C17H15F3. The molecule has 0 aliphatic rings. The van der Waals surface area contributed by atoms with E-state index in [1.54, 1.807) is 6.08 Å². The number of hydrogen-bond donors (Lipinski definition) is 0. The summed E-state index contributed by atoms with van der Waals surface area (Å²) < 4.78 is 37.3.